The molecule has 0 saturated carbocycles. The lowest BCUT2D eigenvalue weighted by molar-refractivity contribution is 0.383. The molecule has 0 unspecified atom stereocenters. The summed E-state index contributed by atoms with van der Waals surface area (Å²) in [4.78, 5) is 0.333. The van der Waals surface area contributed by atoms with Gasteiger partial charge in [-0.1, -0.05) is 11.6 Å². The third-order valence-electron chi connectivity index (χ3n) is 3.81. The van der Waals surface area contributed by atoms with Crippen LogP contribution in [0.4, 0.5) is 0 Å². The molecule has 0 spiro atoms. The van der Waals surface area contributed by atoms with Crippen molar-refractivity contribution in [3.63, 3.8) is 0 Å². The van der Waals surface area contributed by atoms with Crippen LogP contribution >= 0.6 is 24.0 Å². The van der Waals surface area contributed by atoms with Crippen molar-refractivity contribution in [3.8, 4) is 0 Å². The van der Waals surface area contributed by atoms with E-state index in [0.717, 1.165) is 19.5 Å². The minimum Gasteiger partial charge on any atom is -0.315 e. The molecule has 1 aromatic rings. The molecule has 1 aromatic carbocycles. The van der Waals surface area contributed by atoms with E-state index in [4.69, 9.17) is 11.6 Å². The molecule has 2 aliphatic heterocycles. The lowest BCUT2D eigenvalue weighted by Gasteiger charge is -2.22. The summed E-state index contributed by atoms with van der Waals surface area (Å²) in [6, 6.07) is 6.51. The Labute approximate surface area is 124 Å². The molecular formula is C12H16Cl2N2O2S. The molecule has 0 bridgehead atoms. The van der Waals surface area contributed by atoms with Crippen LogP contribution in [0.15, 0.2) is 29.2 Å². The third-order valence-corrected chi connectivity index (χ3v) is 6.01. The molecule has 2 fully saturated rings. The third kappa shape index (κ3) is 2.62. The quantitative estimate of drug-likeness (QED) is 0.902. The van der Waals surface area contributed by atoms with Crippen LogP contribution in [0.3, 0.4) is 0 Å². The first-order chi connectivity index (χ1) is 8.59. The van der Waals surface area contributed by atoms with Crippen LogP contribution in [0, 0.1) is 5.92 Å². The fourth-order valence-corrected chi connectivity index (χ4v) is 4.68. The van der Waals surface area contributed by atoms with Crippen molar-refractivity contribution in [2.45, 2.75) is 17.4 Å². The van der Waals surface area contributed by atoms with Crippen molar-refractivity contribution >= 4 is 34.0 Å². The monoisotopic (exact) mass is 322 g/mol. The molecule has 0 radical (unpaired) electrons. The maximum Gasteiger partial charge on any atom is 0.243 e. The van der Waals surface area contributed by atoms with Crippen LogP contribution in [0.25, 0.3) is 0 Å². The van der Waals surface area contributed by atoms with Gasteiger partial charge in [0, 0.05) is 24.2 Å². The molecule has 2 heterocycles. The smallest absolute Gasteiger partial charge is 0.243 e. The normalized spacial score (nSPS) is 27.0. The molecule has 1 N–H and O–H groups in total. The molecule has 106 valence electrons. The maximum absolute atomic E-state index is 12.5. The molecule has 2 saturated heterocycles. The van der Waals surface area contributed by atoms with Crippen molar-refractivity contribution < 1.29 is 8.42 Å². The number of fused-ring (bicyclic) bond motifs is 1. The van der Waals surface area contributed by atoms with Crippen LogP contribution in [0.2, 0.25) is 5.02 Å². The van der Waals surface area contributed by atoms with Gasteiger partial charge in [0.05, 0.1) is 4.90 Å². The number of benzene rings is 1. The first-order valence-electron chi connectivity index (χ1n) is 6.07. The summed E-state index contributed by atoms with van der Waals surface area (Å²) in [7, 11) is -3.37. The van der Waals surface area contributed by atoms with Gasteiger partial charge in [-0.15, -0.1) is 12.4 Å². The van der Waals surface area contributed by atoms with Gasteiger partial charge in [-0.3, -0.25) is 0 Å². The van der Waals surface area contributed by atoms with Gasteiger partial charge < -0.3 is 5.32 Å². The van der Waals surface area contributed by atoms with Crippen LogP contribution in [-0.4, -0.2) is 38.4 Å². The molecule has 3 rings (SSSR count). The fourth-order valence-electron chi connectivity index (χ4n) is 2.85. The second-order valence-electron chi connectivity index (χ2n) is 4.84. The second kappa shape index (κ2) is 5.58. The highest BCUT2D eigenvalue weighted by Crippen LogP contribution is 2.32. The number of rotatable bonds is 2. The summed E-state index contributed by atoms with van der Waals surface area (Å²) in [6.45, 7) is 2.32. The Morgan fingerprint density at radius 1 is 1.21 bits per heavy atom. The van der Waals surface area contributed by atoms with E-state index < -0.39 is 10.0 Å². The second-order valence-corrected chi connectivity index (χ2v) is 7.17. The van der Waals surface area contributed by atoms with Crippen molar-refractivity contribution in [3.05, 3.63) is 29.3 Å². The van der Waals surface area contributed by atoms with Gasteiger partial charge in [-0.05, 0) is 43.1 Å². The van der Waals surface area contributed by atoms with Crippen molar-refractivity contribution in [2.24, 2.45) is 5.92 Å². The van der Waals surface area contributed by atoms with E-state index in [0.29, 0.717) is 22.4 Å². The van der Waals surface area contributed by atoms with E-state index in [-0.39, 0.29) is 18.4 Å². The molecule has 2 atom stereocenters. The zero-order valence-corrected chi connectivity index (χ0v) is 12.6. The summed E-state index contributed by atoms with van der Waals surface area (Å²) in [6.07, 6.45) is 0.949. The zero-order chi connectivity index (χ0) is 12.8. The number of sulfonamides is 1. The molecule has 0 aromatic heterocycles. The number of hydrogen-bond acceptors (Lipinski definition) is 3. The summed E-state index contributed by atoms with van der Waals surface area (Å²) in [5.41, 5.74) is 0. The van der Waals surface area contributed by atoms with Crippen LogP contribution in [-0.2, 0) is 10.0 Å². The van der Waals surface area contributed by atoms with E-state index in [1.807, 2.05) is 0 Å². The average molecular weight is 323 g/mol. The lowest BCUT2D eigenvalue weighted by Crippen LogP contribution is -2.38. The van der Waals surface area contributed by atoms with E-state index >= 15 is 0 Å². The highest BCUT2D eigenvalue weighted by atomic mass is 35.5. The minimum atomic E-state index is -3.37. The SMILES string of the molecule is Cl.O=S(=O)(c1ccc(Cl)cc1)N1CC[C@H]2CNC[C@H]21. The van der Waals surface area contributed by atoms with Crippen LogP contribution in [0.5, 0.6) is 0 Å². The number of nitrogens with zero attached hydrogens (tertiary/aromatic N) is 1. The highest BCUT2D eigenvalue weighted by molar-refractivity contribution is 7.89. The van der Waals surface area contributed by atoms with Crippen molar-refractivity contribution in [2.75, 3.05) is 19.6 Å². The van der Waals surface area contributed by atoms with Gasteiger partial charge in [0.2, 0.25) is 10.0 Å². The molecular weight excluding hydrogens is 307 g/mol. The first kappa shape index (κ1) is 15.1. The molecule has 4 nitrogen and oxygen atoms in total. The molecule has 7 heteroatoms. The average Bonchev–Trinajstić information content (AvgIpc) is 2.90. The topological polar surface area (TPSA) is 49.4 Å². The maximum atomic E-state index is 12.5. The molecule has 19 heavy (non-hydrogen) atoms. The fraction of sp³-hybridized carbons (Fsp3) is 0.500. The molecule has 0 aliphatic carbocycles. The van der Waals surface area contributed by atoms with E-state index in [2.05, 4.69) is 5.32 Å². The molecule has 0 amide bonds. The van der Waals surface area contributed by atoms with E-state index in [9.17, 15) is 8.42 Å². The number of hydrogen-bond donors (Lipinski definition) is 1. The Balaban J connectivity index is 0.00000133. The Morgan fingerprint density at radius 3 is 2.58 bits per heavy atom. The van der Waals surface area contributed by atoms with Crippen molar-refractivity contribution in [1.82, 2.24) is 9.62 Å². The van der Waals surface area contributed by atoms with Crippen molar-refractivity contribution in [1.29, 1.82) is 0 Å². The van der Waals surface area contributed by atoms with Gasteiger partial charge in [-0.25, -0.2) is 8.42 Å². The summed E-state index contributed by atoms with van der Waals surface area (Å²) in [5.74, 6) is 0.465. The van der Waals surface area contributed by atoms with E-state index in [1.54, 1.807) is 28.6 Å². The Bertz CT molecular complexity index is 547. The predicted molar refractivity (Wildman–Crippen MR) is 77.4 cm³/mol. The van der Waals surface area contributed by atoms with Gasteiger partial charge in [0.15, 0.2) is 0 Å². The summed E-state index contributed by atoms with van der Waals surface area (Å²) < 4.78 is 26.7. The minimum absolute atomic E-state index is 0. The largest absolute Gasteiger partial charge is 0.315 e. The molecule has 2 aliphatic rings. The Morgan fingerprint density at radius 2 is 1.89 bits per heavy atom. The zero-order valence-electron chi connectivity index (χ0n) is 10.3. The highest BCUT2D eigenvalue weighted by Gasteiger charge is 2.43. The summed E-state index contributed by atoms with van der Waals surface area (Å²) in [5, 5.41) is 3.81. The van der Waals surface area contributed by atoms with Crippen LogP contribution < -0.4 is 5.32 Å². The Kier molecular flexibility index (Phi) is 4.42. The van der Waals surface area contributed by atoms with E-state index in [1.165, 1.54) is 0 Å². The predicted octanol–water partition coefficient (Wildman–Crippen LogP) is 1.74. The standard InChI is InChI=1S/C12H15ClN2O2S.ClH/c13-10-1-3-11(4-2-10)18(16,17)15-6-5-9-7-14-8-12(9)15;/h1-4,9,12,14H,5-8H2;1H/t9-,12+;/m0./s1. The van der Waals surface area contributed by atoms with Gasteiger partial charge >= 0.3 is 0 Å². The lowest BCUT2D eigenvalue weighted by atomic mass is 10.1. The van der Waals surface area contributed by atoms with Gasteiger partial charge in [0.1, 0.15) is 0 Å². The number of nitrogens with one attached hydrogen (secondary N) is 1. The Hall–Kier alpha value is -0.330. The van der Waals surface area contributed by atoms with Gasteiger partial charge in [-0.2, -0.15) is 4.31 Å². The van der Waals surface area contributed by atoms with Crippen LogP contribution in [0.1, 0.15) is 6.42 Å². The van der Waals surface area contributed by atoms with Gasteiger partial charge in [0.25, 0.3) is 0 Å². The number of halogens is 2. The summed E-state index contributed by atoms with van der Waals surface area (Å²) >= 11 is 5.79. The first-order valence-corrected chi connectivity index (χ1v) is 7.89.